The molecule has 1 fully saturated rings. The number of ether oxygens (including phenoxy) is 1. The van der Waals surface area contributed by atoms with Crippen molar-refractivity contribution < 1.29 is 13.9 Å². The molecule has 0 unspecified atom stereocenters. The molecular formula is C17H18FNO2S. The van der Waals surface area contributed by atoms with Crippen molar-refractivity contribution in [2.45, 2.75) is 45.1 Å². The second-order valence-corrected chi connectivity index (χ2v) is 6.61. The molecule has 1 aliphatic carbocycles. The van der Waals surface area contributed by atoms with Crippen LogP contribution in [-0.2, 0) is 0 Å². The van der Waals surface area contributed by atoms with Gasteiger partial charge in [-0.05, 0) is 50.8 Å². The van der Waals surface area contributed by atoms with Crippen LogP contribution >= 0.6 is 11.3 Å². The van der Waals surface area contributed by atoms with Crippen LogP contribution in [0.4, 0.5) is 4.39 Å². The molecule has 5 heteroatoms. The topological polar surface area (TPSA) is 39.2 Å². The summed E-state index contributed by atoms with van der Waals surface area (Å²) in [5, 5.41) is -0.376. The number of aromatic nitrogens is 1. The van der Waals surface area contributed by atoms with Crippen molar-refractivity contribution in [3.8, 4) is 16.3 Å². The van der Waals surface area contributed by atoms with E-state index in [9.17, 15) is 9.18 Å². The van der Waals surface area contributed by atoms with Gasteiger partial charge >= 0.3 is 0 Å². The van der Waals surface area contributed by atoms with E-state index < -0.39 is 0 Å². The van der Waals surface area contributed by atoms with Gasteiger partial charge in [-0.15, -0.1) is 11.3 Å². The van der Waals surface area contributed by atoms with Gasteiger partial charge in [0.15, 0.2) is 11.4 Å². The van der Waals surface area contributed by atoms with Crippen LogP contribution in [0.2, 0.25) is 0 Å². The molecule has 0 N–H and O–H groups in total. The minimum Gasteiger partial charge on any atom is -0.489 e. The third-order valence-electron chi connectivity index (χ3n) is 3.97. The first kappa shape index (κ1) is 15.2. The van der Waals surface area contributed by atoms with Gasteiger partial charge in [0.2, 0.25) is 0 Å². The third-order valence-corrected chi connectivity index (χ3v) is 4.94. The monoisotopic (exact) mass is 319 g/mol. The number of halogens is 1. The predicted octanol–water partition coefficient (Wildman–Crippen LogP) is 4.78. The summed E-state index contributed by atoms with van der Waals surface area (Å²) in [5.41, 5.74) is 1.73. The van der Waals surface area contributed by atoms with E-state index in [-0.39, 0.29) is 11.2 Å². The summed E-state index contributed by atoms with van der Waals surface area (Å²) >= 11 is 0.941. The Morgan fingerprint density at radius 2 is 2.09 bits per heavy atom. The van der Waals surface area contributed by atoms with Gasteiger partial charge in [0, 0.05) is 5.56 Å². The molecule has 116 valence electrons. The highest BCUT2D eigenvalue weighted by Crippen LogP contribution is 2.32. The van der Waals surface area contributed by atoms with Crippen molar-refractivity contribution in [3.05, 3.63) is 34.6 Å². The first-order chi connectivity index (χ1) is 10.7. The molecule has 3 rings (SSSR count). The van der Waals surface area contributed by atoms with E-state index >= 15 is 0 Å². The van der Waals surface area contributed by atoms with Gasteiger partial charge in [0.05, 0.1) is 22.4 Å². The standard InChI is InChI=1S/C17H18FNO2S/c1-11-15(21-13-5-3-2-4-6-13)8-7-14(19-11)17-12(10-20)9-16(18)22-17/h7-10,13H,2-6H2,1H3. The zero-order chi connectivity index (χ0) is 15.5. The van der Waals surface area contributed by atoms with Crippen molar-refractivity contribution in [1.29, 1.82) is 0 Å². The lowest BCUT2D eigenvalue weighted by molar-refractivity contribution is 0.112. The molecule has 0 saturated heterocycles. The Balaban J connectivity index is 1.83. The second-order valence-electron chi connectivity index (χ2n) is 5.61. The van der Waals surface area contributed by atoms with Crippen molar-refractivity contribution in [2.24, 2.45) is 0 Å². The summed E-state index contributed by atoms with van der Waals surface area (Å²) in [7, 11) is 0. The maximum Gasteiger partial charge on any atom is 0.177 e. The Bertz CT molecular complexity index is 677. The van der Waals surface area contributed by atoms with E-state index in [0.717, 1.165) is 35.6 Å². The van der Waals surface area contributed by atoms with Crippen molar-refractivity contribution in [2.75, 3.05) is 0 Å². The van der Waals surface area contributed by atoms with Crippen LogP contribution in [0.5, 0.6) is 5.75 Å². The number of aryl methyl sites for hydroxylation is 1. The van der Waals surface area contributed by atoms with E-state index in [1.165, 1.54) is 25.3 Å². The van der Waals surface area contributed by atoms with Crippen molar-refractivity contribution in [3.63, 3.8) is 0 Å². The Morgan fingerprint density at radius 1 is 1.32 bits per heavy atom. The molecule has 1 aliphatic rings. The van der Waals surface area contributed by atoms with Crippen LogP contribution in [0.3, 0.4) is 0 Å². The van der Waals surface area contributed by atoms with Crippen LogP contribution in [0.15, 0.2) is 18.2 Å². The number of aldehydes is 1. The summed E-state index contributed by atoms with van der Waals surface area (Å²) in [6.45, 7) is 1.88. The summed E-state index contributed by atoms with van der Waals surface area (Å²) in [6, 6.07) is 4.92. The highest BCUT2D eigenvalue weighted by atomic mass is 32.1. The number of carbonyl (C=O) groups excluding carboxylic acids is 1. The molecule has 1 saturated carbocycles. The second kappa shape index (κ2) is 6.57. The Hall–Kier alpha value is -1.75. The highest BCUT2D eigenvalue weighted by Gasteiger charge is 2.17. The summed E-state index contributed by atoms with van der Waals surface area (Å²) in [4.78, 5) is 16.1. The van der Waals surface area contributed by atoms with Gasteiger partial charge < -0.3 is 4.74 Å². The maximum absolute atomic E-state index is 13.4. The summed E-state index contributed by atoms with van der Waals surface area (Å²) in [5.74, 6) is 0.778. The van der Waals surface area contributed by atoms with Crippen LogP contribution in [0.25, 0.3) is 10.6 Å². The molecule has 2 aromatic rings. The average molecular weight is 319 g/mol. The van der Waals surface area contributed by atoms with Crippen molar-refractivity contribution >= 4 is 17.6 Å². The summed E-state index contributed by atoms with van der Waals surface area (Å²) < 4.78 is 19.4. The molecule has 2 heterocycles. The fourth-order valence-electron chi connectivity index (χ4n) is 2.82. The van der Waals surface area contributed by atoms with E-state index in [4.69, 9.17) is 4.74 Å². The average Bonchev–Trinajstić information content (AvgIpc) is 2.91. The zero-order valence-electron chi connectivity index (χ0n) is 12.5. The Labute approximate surface area is 133 Å². The number of pyridine rings is 1. The maximum atomic E-state index is 13.4. The number of nitrogens with zero attached hydrogens (tertiary/aromatic N) is 1. The van der Waals surface area contributed by atoms with Gasteiger partial charge in [0.25, 0.3) is 0 Å². The van der Waals surface area contributed by atoms with Gasteiger partial charge in [-0.2, -0.15) is 4.39 Å². The number of hydrogen-bond donors (Lipinski definition) is 0. The van der Waals surface area contributed by atoms with E-state index in [1.54, 1.807) is 6.07 Å². The first-order valence-electron chi connectivity index (χ1n) is 7.56. The summed E-state index contributed by atoms with van der Waals surface area (Å²) in [6.07, 6.45) is 6.83. The minimum atomic E-state index is -0.376. The Morgan fingerprint density at radius 3 is 2.77 bits per heavy atom. The normalized spacial score (nSPS) is 15.7. The molecule has 0 amide bonds. The van der Waals surface area contributed by atoms with Crippen LogP contribution in [0, 0.1) is 12.1 Å². The molecule has 3 nitrogen and oxygen atoms in total. The molecule has 0 atom stereocenters. The van der Waals surface area contributed by atoms with E-state index in [0.29, 0.717) is 22.4 Å². The first-order valence-corrected chi connectivity index (χ1v) is 8.38. The third kappa shape index (κ3) is 3.19. The molecular weight excluding hydrogens is 301 g/mol. The molecule has 22 heavy (non-hydrogen) atoms. The lowest BCUT2D eigenvalue weighted by Crippen LogP contribution is -2.20. The Kier molecular flexibility index (Phi) is 4.52. The fourth-order valence-corrected chi connectivity index (χ4v) is 3.65. The van der Waals surface area contributed by atoms with Gasteiger partial charge in [0.1, 0.15) is 5.75 Å². The SMILES string of the molecule is Cc1nc(-c2sc(F)cc2C=O)ccc1OC1CCCCC1. The van der Waals surface area contributed by atoms with E-state index in [1.807, 2.05) is 13.0 Å². The highest BCUT2D eigenvalue weighted by molar-refractivity contribution is 7.14. The zero-order valence-corrected chi connectivity index (χ0v) is 13.3. The molecule has 0 aromatic carbocycles. The quantitative estimate of drug-likeness (QED) is 0.761. The number of carbonyl (C=O) groups is 1. The largest absolute Gasteiger partial charge is 0.489 e. The van der Waals surface area contributed by atoms with Crippen LogP contribution in [-0.4, -0.2) is 17.4 Å². The number of hydrogen-bond acceptors (Lipinski definition) is 4. The smallest absolute Gasteiger partial charge is 0.177 e. The lowest BCUT2D eigenvalue weighted by atomic mass is 9.98. The molecule has 0 aliphatic heterocycles. The number of thiophene rings is 1. The van der Waals surface area contributed by atoms with Crippen LogP contribution < -0.4 is 4.74 Å². The predicted molar refractivity (Wildman–Crippen MR) is 85.1 cm³/mol. The molecule has 0 spiro atoms. The molecule has 0 radical (unpaired) electrons. The van der Waals surface area contributed by atoms with Gasteiger partial charge in [-0.3, -0.25) is 4.79 Å². The van der Waals surface area contributed by atoms with Gasteiger partial charge in [-0.1, -0.05) is 6.42 Å². The van der Waals surface area contributed by atoms with Crippen molar-refractivity contribution in [1.82, 2.24) is 4.98 Å². The van der Waals surface area contributed by atoms with Gasteiger partial charge in [-0.25, -0.2) is 4.98 Å². The lowest BCUT2D eigenvalue weighted by Gasteiger charge is -2.23. The number of rotatable bonds is 4. The van der Waals surface area contributed by atoms with E-state index in [2.05, 4.69) is 4.98 Å². The fraction of sp³-hybridized carbons (Fsp3) is 0.412. The van der Waals surface area contributed by atoms with Crippen LogP contribution in [0.1, 0.15) is 48.2 Å². The molecule has 2 aromatic heterocycles. The minimum absolute atomic E-state index is 0.268. The molecule has 0 bridgehead atoms.